The molecule has 332 valence electrons. The van der Waals surface area contributed by atoms with Crippen LogP contribution in [0.15, 0.2) is 259 Å². The van der Waals surface area contributed by atoms with E-state index >= 15 is 0 Å². The molecule has 2 aliphatic rings. The molecule has 0 radical (unpaired) electrons. The van der Waals surface area contributed by atoms with Crippen molar-refractivity contribution < 1.29 is 4.42 Å². The summed E-state index contributed by atoms with van der Waals surface area (Å²) in [7, 11) is 0. The third-order valence-electron chi connectivity index (χ3n) is 14.7. The summed E-state index contributed by atoms with van der Waals surface area (Å²) in [5, 5.41) is 2.25. The lowest BCUT2D eigenvalue weighted by molar-refractivity contribution is 0.670. The third kappa shape index (κ3) is 6.52. The summed E-state index contributed by atoms with van der Waals surface area (Å²) in [6.07, 6.45) is 0. The summed E-state index contributed by atoms with van der Waals surface area (Å²) in [6.45, 7) is 2.15. The smallest absolute Gasteiger partial charge is 0.252 e. The molecule has 14 rings (SSSR count). The van der Waals surface area contributed by atoms with Crippen molar-refractivity contribution in [3.05, 3.63) is 260 Å². The summed E-state index contributed by atoms with van der Waals surface area (Å²) in [5.41, 5.74) is 25.2. The molecule has 11 aromatic carbocycles. The number of para-hydroxylation sites is 5. The van der Waals surface area contributed by atoms with E-state index < -0.39 is 0 Å². The van der Waals surface area contributed by atoms with Crippen molar-refractivity contribution in [3.63, 3.8) is 0 Å². The van der Waals surface area contributed by atoms with Gasteiger partial charge < -0.3 is 14.2 Å². The second kappa shape index (κ2) is 16.5. The first kappa shape index (κ1) is 40.9. The number of nitrogens with zero attached hydrogens (tertiary/aromatic N) is 2. The Kier molecular flexibility index (Phi) is 9.53. The van der Waals surface area contributed by atoms with Crippen LogP contribution in [0.5, 0.6) is 0 Å². The van der Waals surface area contributed by atoms with Gasteiger partial charge in [0.2, 0.25) is 0 Å². The standard InChI is InChI=1S/C67H45BN2O/c1-44-41-61-64-62(42-44)70(66-52(47-25-10-4-11-26-47)32-19-33-53(66)48-27-12-5-13-28-48)60-40-39-49(54-34-20-35-56-55-29-14-17-38-63(55)71-67(54)56)43-58(60)68(64)57-36-15-16-37-59(57)69(61)65-50(45-21-6-2-7-22-45)30-18-31-51(65)46-23-8-3-9-24-46/h2-43H,1H3. The van der Waals surface area contributed by atoms with Crippen LogP contribution in [0, 0.1) is 6.92 Å². The fourth-order valence-electron chi connectivity index (χ4n) is 11.7. The fraction of sp³-hybridized carbons (Fsp3) is 0.0149. The molecular weight excluding hydrogens is 860 g/mol. The molecule has 0 aliphatic carbocycles. The molecule has 3 heterocycles. The summed E-state index contributed by atoms with van der Waals surface area (Å²) in [4.78, 5) is 5.19. The molecule has 0 N–H and O–H groups in total. The molecule has 0 unspecified atom stereocenters. The number of anilines is 6. The molecule has 0 atom stereocenters. The van der Waals surface area contributed by atoms with Gasteiger partial charge in [0.15, 0.2) is 0 Å². The van der Waals surface area contributed by atoms with Crippen LogP contribution in [0.25, 0.3) is 77.6 Å². The van der Waals surface area contributed by atoms with E-state index in [0.717, 1.165) is 72.4 Å². The first-order valence-corrected chi connectivity index (χ1v) is 24.5. The van der Waals surface area contributed by atoms with Crippen LogP contribution in [0.2, 0.25) is 0 Å². The first-order chi connectivity index (χ1) is 35.2. The van der Waals surface area contributed by atoms with E-state index in [1.54, 1.807) is 0 Å². The largest absolute Gasteiger partial charge is 0.455 e. The third-order valence-corrected chi connectivity index (χ3v) is 14.7. The maximum Gasteiger partial charge on any atom is 0.252 e. The highest BCUT2D eigenvalue weighted by atomic mass is 16.3. The minimum Gasteiger partial charge on any atom is -0.455 e. The number of hydrogen-bond donors (Lipinski definition) is 0. The molecule has 0 saturated carbocycles. The number of hydrogen-bond acceptors (Lipinski definition) is 3. The van der Waals surface area contributed by atoms with Crippen molar-refractivity contribution >= 4 is 79.2 Å². The second-order valence-electron chi connectivity index (χ2n) is 18.8. The van der Waals surface area contributed by atoms with Crippen LogP contribution in [-0.4, -0.2) is 6.71 Å². The van der Waals surface area contributed by atoms with Crippen molar-refractivity contribution in [1.82, 2.24) is 0 Å². The van der Waals surface area contributed by atoms with Gasteiger partial charge in [-0.05, 0) is 87.0 Å². The maximum absolute atomic E-state index is 6.75. The van der Waals surface area contributed by atoms with Gasteiger partial charge in [0, 0.05) is 61.3 Å². The zero-order valence-electron chi connectivity index (χ0n) is 39.1. The molecule has 0 spiro atoms. The zero-order chi connectivity index (χ0) is 47.0. The van der Waals surface area contributed by atoms with E-state index in [-0.39, 0.29) is 6.71 Å². The van der Waals surface area contributed by atoms with Crippen LogP contribution < -0.4 is 26.2 Å². The highest BCUT2D eigenvalue weighted by Crippen LogP contribution is 2.53. The van der Waals surface area contributed by atoms with E-state index in [0.29, 0.717) is 0 Å². The zero-order valence-corrected chi connectivity index (χ0v) is 39.1. The van der Waals surface area contributed by atoms with Crippen LogP contribution in [0.4, 0.5) is 34.1 Å². The van der Waals surface area contributed by atoms with Crippen LogP contribution >= 0.6 is 0 Å². The number of furan rings is 1. The van der Waals surface area contributed by atoms with Gasteiger partial charge in [0.1, 0.15) is 11.2 Å². The van der Waals surface area contributed by atoms with Crippen molar-refractivity contribution in [2.75, 3.05) is 9.80 Å². The summed E-state index contributed by atoms with van der Waals surface area (Å²) >= 11 is 0. The average molecular weight is 905 g/mol. The Bertz CT molecular complexity index is 3880. The predicted molar refractivity (Wildman–Crippen MR) is 300 cm³/mol. The number of benzene rings is 11. The predicted octanol–water partition coefficient (Wildman–Crippen LogP) is 16.3. The Morgan fingerprint density at radius 1 is 0.324 bits per heavy atom. The first-order valence-electron chi connectivity index (χ1n) is 24.5. The Hall–Kier alpha value is -9.12. The Morgan fingerprint density at radius 3 is 1.31 bits per heavy atom. The molecule has 0 fully saturated rings. The molecule has 0 amide bonds. The van der Waals surface area contributed by atoms with Crippen LogP contribution in [0.3, 0.4) is 0 Å². The fourth-order valence-corrected chi connectivity index (χ4v) is 11.7. The lowest BCUT2D eigenvalue weighted by atomic mass is 9.33. The monoisotopic (exact) mass is 904 g/mol. The number of fused-ring (bicyclic) bond motifs is 7. The highest BCUT2D eigenvalue weighted by Gasteiger charge is 2.45. The SMILES string of the molecule is Cc1cc2c3c(c1)N(c1c(-c4ccccc4)cccc1-c1ccccc1)c1ccc(-c4cccc5c4oc4ccccc45)cc1B3c1ccccc1N2c1c(-c2ccccc2)cccc1-c1ccccc1. The van der Waals surface area contributed by atoms with Gasteiger partial charge >= 0.3 is 0 Å². The quantitative estimate of drug-likeness (QED) is 0.149. The molecule has 1 aromatic heterocycles. The molecule has 3 nitrogen and oxygen atoms in total. The molecule has 4 heteroatoms. The molecule has 0 bridgehead atoms. The molecular formula is C67H45BN2O. The Labute approximate surface area is 414 Å². The molecule has 71 heavy (non-hydrogen) atoms. The van der Waals surface area contributed by atoms with E-state index in [4.69, 9.17) is 4.42 Å². The van der Waals surface area contributed by atoms with E-state index in [9.17, 15) is 0 Å². The summed E-state index contributed by atoms with van der Waals surface area (Å²) < 4.78 is 6.75. The van der Waals surface area contributed by atoms with Crippen LogP contribution in [0.1, 0.15) is 5.56 Å². The van der Waals surface area contributed by atoms with Crippen LogP contribution in [-0.2, 0) is 0 Å². The van der Waals surface area contributed by atoms with Gasteiger partial charge in [-0.3, -0.25) is 0 Å². The van der Waals surface area contributed by atoms with Crippen molar-refractivity contribution in [1.29, 1.82) is 0 Å². The minimum absolute atomic E-state index is 0.109. The molecule has 2 aliphatic heterocycles. The lowest BCUT2D eigenvalue weighted by Gasteiger charge is -2.46. The van der Waals surface area contributed by atoms with E-state index in [1.165, 1.54) is 61.3 Å². The topological polar surface area (TPSA) is 19.6 Å². The molecule has 12 aromatic rings. The van der Waals surface area contributed by atoms with Crippen molar-refractivity contribution in [2.45, 2.75) is 6.92 Å². The van der Waals surface area contributed by atoms with Gasteiger partial charge in [0.25, 0.3) is 6.71 Å². The summed E-state index contributed by atoms with van der Waals surface area (Å²) in [5.74, 6) is 0. The van der Waals surface area contributed by atoms with E-state index in [2.05, 4.69) is 272 Å². The molecule has 0 saturated heterocycles. The Morgan fingerprint density at radius 2 is 0.761 bits per heavy atom. The number of aryl methyl sites for hydroxylation is 1. The summed E-state index contributed by atoms with van der Waals surface area (Å²) in [6, 6.07) is 93.3. The van der Waals surface area contributed by atoms with E-state index in [1.807, 2.05) is 0 Å². The van der Waals surface area contributed by atoms with Gasteiger partial charge in [-0.15, -0.1) is 0 Å². The Balaban J connectivity index is 1.11. The highest BCUT2D eigenvalue weighted by molar-refractivity contribution is 7.00. The average Bonchev–Trinajstić information content (AvgIpc) is 3.83. The minimum atomic E-state index is -0.109. The maximum atomic E-state index is 6.75. The van der Waals surface area contributed by atoms with Crippen molar-refractivity contribution in [2.24, 2.45) is 0 Å². The van der Waals surface area contributed by atoms with Gasteiger partial charge in [-0.25, -0.2) is 0 Å². The number of rotatable bonds is 7. The second-order valence-corrected chi connectivity index (χ2v) is 18.8. The normalized spacial score (nSPS) is 12.5. The van der Waals surface area contributed by atoms with Gasteiger partial charge in [-0.1, -0.05) is 224 Å². The lowest BCUT2D eigenvalue weighted by Crippen LogP contribution is -2.61. The van der Waals surface area contributed by atoms with Gasteiger partial charge in [0.05, 0.1) is 11.4 Å². The van der Waals surface area contributed by atoms with Gasteiger partial charge in [-0.2, -0.15) is 0 Å². The van der Waals surface area contributed by atoms with Crippen molar-refractivity contribution in [3.8, 4) is 55.6 Å².